The topological polar surface area (TPSA) is 12.9 Å². The lowest BCUT2D eigenvalue weighted by Gasteiger charge is -1.93. The van der Waals surface area contributed by atoms with Crippen molar-refractivity contribution < 1.29 is 0 Å². The van der Waals surface area contributed by atoms with E-state index in [1.807, 2.05) is 18.5 Å². The molecule has 1 aromatic rings. The van der Waals surface area contributed by atoms with E-state index in [0.717, 1.165) is 0 Å². The van der Waals surface area contributed by atoms with E-state index in [0.29, 0.717) is 0 Å². The number of aromatic nitrogens is 1. The zero-order valence-electron chi connectivity index (χ0n) is 11.4. The van der Waals surface area contributed by atoms with E-state index in [9.17, 15) is 0 Å². The first-order valence-corrected chi connectivity index (χ1v) is 6.59. The number of rotatable bonds is 5. The second-order valence-corrected chi connectivity index (χ2v) is 4.37. The van der Waals surface area contributed by atoms with E-state index in [4.69, 9.17) is 0 Å². The number of hydrogen-bond acceptors (Lipinski definition) is 1. The van der Waals surface area contributed by atoms with E-state index >= 15 is 0 Å². The molecule has 1 heteroatoms. The van der Waals surface area contributed by atoms with Crippen LogP contribution in [-0.2, 0) is 0 Å². The van der Waals surface area contributed by atoms with Crippen LogP contribution in [0.15, 0.2) is 18.5 Å². The Labute approximate surface area is 101 Å². The van der Waals surface area contributed by atoms with Gasteiger partial charge in [0.2, 0.25) is 0 Å². The van der Waals surface area contributed by atoms with E-state index < -0.39 is 0 Å². The maximum atomic E-state index is 3.95. The van der Waals surface area contributed by atoms with Crippen LogP contribution in [0, 0.1) is 13.8 Å². The first-order valence-electron chi connectivity index (χ1n) is 6.59. The van der Waals surface area contributed by atoms with Gasteiger partial charge in [-0.25, -0.2) is 0 Å². The molecule has 0 bridgehead atoms. The Kier molecular flexibility index (Phi) is 10.1. The van der Waals surface area contributed by atoms with Crippen LogP contribution in [0.1, 0.15) is 63.5 Å². The van der Waals surface area contributed by atoms with Gasteiger partial charge in [-0.05, 0) is 31.0 Å². The highest BCUT2D eigenvalue weighted by atomic mass is 14.6. The third kappa shape index (κ3) is 8.46. The smallest absolute Gasteiger partial charge is 0.0299 e. The van der Waals surface area contributed by atoms with E-state index in [-0.39, 0.29) is 0 Å². The number of nitrogens with zero attached hydrogens (tertiary/aromatic N) is 1. The molecule has 0 atom stereocenters. The minimum absolute atomic E-state index is 1.26. The van der Waals surface area contributed by atoms with Crippen LogP contribution >= 0.6 is 0 Å². The van der Waals surface area contributed by atoms with Crippen molar-refractivity contribution in [2.75, 3.05) is 0 Å². The third-order valence-electron chi connectivity index (χ3n) is 2.76. The molecule has 1 rings (SSSR count). The van der Waals surface area contributed by atoms with Gasteiger partial charge in [-0.15, -0.1) is 0 Å². The van der Waals surface area contributed by atoms with Crippen LogP contribution in [0.5, 0.6) is 0 Å². The molecule has 0 aliphatic carbocycles. The average molecular weight is 221 g/mol. The number of hydrogen-bond donors (Lipinski definition) is 0. The summed E-state index contributed by atoms with van der Waals surface area (Å²) in [5.74, 6) is 0. The van der Waals surface area contributed by atoms with Crippen LogP contribution in [0.25, 0.3) is 0 Å². The molecule has 0 saturated carbocycles. The largest absolute Gasteiger partial charge is 0.264 e. The van der Waals surface area contributed by atoms with Gasteiger partial charge >= 0.3 is 0 Å². The fourth-order valence-corrected chi connectivity index (χ4v) is 1.40. The highest BCUT2D eigenvalue weighted by molar-refractivity contribution is 5.18. The predicted molar refractivity (Wildman–Crippen MR) is 72.8 cm³/mol. The van der Waals surface area contributed by atoms with Crippen LogP contribution in [0.2, 0.25) is 0 Å². The lowest BCUT2D eigenvalue weighted by molar-refractivity contribution is 0.624. The maximum absolute atomic E-state index is 3.95. The summed E-state index contributed by atoms with van der Waals surface area (Å²) in [4.78, 5) is 3.95. The van der Waals surface area contributed by atoms with Crippen molar-refractivity contribution in [2.45, 2.75) is 66.2 Å². The molecule has 0 radical (unpaired) electrons. The average Bonchev–Trinajstić information content (AvgIpc) is 2.30. The fourth-order valence-electron chi connectivity index (χ4n) is 1.40. The molecule has 0 spiro atoms. The van der Waals surface area contributed by atoms with Crippen molar-refractivity contribution >= 4 is 0 Å². The minimum atomic E-state index is 1.26. The third-order valence-corrected chi connectivity index (χ3v) is 2.76. The highest BCUT2D eigenvalue weighted by Crippen LogP contribution is 2.03. The molecular weight excluding hydrogens is 194 g/mol. The summed E-state index contributed by atoms with van der Waals surface area (Å²) < 4.78 is 0. The monoisotopic (exact) mass is 221 g/mol. The molecule has 1 aromatic heterocycles. The maximum Gasteiger partial charge on any atom is 0.0299 e. The van der Waals surface area contributed by atoms with E-state index in [1.54, 1.807) is 0 Å². The molecule has 0 unspecified atom stereocenters. The highest BCUT2D eigenvalue weighted by Gasteiger charge is 1.85. The Morgan fingerprint density at radius 1 is 0.875 bits per heavy atom. The lowest BCUT2D eigenvalue weighted by Crippen LogP contribution is -1.78. The van der Waals surface area contributed by atoms with Crippen LogP contribution in [-0.4, -0.2) is 4.98 Å². The predicted octanol–water partition coefficient (Wildman–Crippen LogP) is 5.07. The van der Waals surface area contributed by atoms with Gasteiger partial charge in [0.15, 0.2) is 0 Å². The van der Waals surface area contributed by atoms with Crippen LogP contribution in [0.3, 0.4) is 0 Å². The molecular formula is C15H27N. The zero-order valence-corrected chi connectivity index (χ0v) is 11.4. The fraction of sp³-hybridized carbons (Fsp3) is 0.667. The van der Waals surface area contributed by atoms with Gasteiger partial charge in [0.1, 0.15) is 0 Å². The first kappa shape index (κ1) is 15.2. The Morgan fingerprint density at radius 3 is 1.75 bits per heavy atom. The Bertz CT molecular complexity index is 228. The van der Waals surface area contributed by atoms with Gasteiger partial charge in [-0.3, -0.25) is 4.98 Å². The molecule has 0 saturated heterocycles. The van der Waals surface area contributed by atoms with Crippen molar-refractivity contribution in [3.8, 4) is 0 Å². The summed E-state index contributed by atoms with van der Waals surface area (Å²) >= 11 is 0. The Morgan fingerprint density at radius 2 is 1.44 bits per heavy atom. The second kappa shape index (κ2) is 10.7. The molecule has 0 aliphatic heterocycles. The van der Waals surface area contributed by atoms with Crippen LogP contribution < -0.4 is 0 Å². The van der Waals surface area contributed by atoms with Crippen LogP contribution in [0.4, 0.5) is 0 Å². The van der Waals surface area contributed by atoms with Gasteiger partial charge < -0.3 is 0 Å². The normalized spacial score (nSPS) is 9.50. The number of aryl methyl sites for hydroxylation is 2. The molecule has 92 valence electrons. The first-order chi connectivity index (χ1) is 7.72. The van der Waals surface area contributed by atoms with Crippen molar-refractivity contribution in [2.24, 2.45) is 0 Å². The minimum Gasteiger partial charge on any atom is -0.264 e. The van der Waals surface area contributed by atoms with Gasteiger partial charge in [-0.2, -0.15) is 0 Å². The second-order valence-electron chi connectivity index (χ2n) is 4.37. The van der Waals surface area contributed by atoms with Gasteiger partial charge in [-0.1, -0.05) is 52.4 Å². The molecule has 0 aromatic carbocycles. The number of pyridine rings is 1. The van der Waals surface area contributed by atoms with Gasteiger partial charge in [0, 0.05) is 12.4 Å². The molecule has 0 N–H and O–H groups in total. The molecule has 0 aliphatic rings. The SMILES string of the molecule is CCCCCCCC.Cc1ccncc1C. The van der Waals surface area contributed by atoms with E-state index in [1.165, 1.54) is 49.7 Å². The summed E-state index contributed by atoms with van der Waals surface area (Å²) in [7, 11) is 0. The summed E-state index contributed by atoms with van der Waals surface area (Å²) in [5, 5.41) is 0. The summed E-state index contributed by atoms with van der Waals surface area (Å²) in [6.07, 6.45) is 12.2. The van der Waals surface area contributed by atoms with Gasteiger partial charge in [0.05, 0.1) is 0 Å². The summed E-state index contributed by atoms with van der Waals surface area (Å²) in [5.41, 5.74) is 2.56. The Hall–Kier alpha value is -0.850. The van der Waals surface area contributed by atoms with Crippen molar-refractivity contribution in [3.05, 3.63) is 29.6 Å². The quantitative estimate of drug-likeness (QED) is 0.633. The standard InChI is InChI=1S/C8H18.C7H9N/c1-3-5-7-8-6-4-2;1-6-3-4-8-5-7(6)2/h3-8H2,1-2H3;3-5H,1-2H3. The van der Waals surface area contributed by atoms with Crippen molar-refractivity contribution in [1.29, 1.82) is 0 Å². The van der Waals surface area contributed by atoms with Crippen molar-refractivity contribution in [1.82, 2.24) is 4.98 Å². The number of unbranched alkanes of at least 4 members (excludes halogenated alkanes) is 5. The van der Waals surface area contributed by atoms with Crippen molar-refractivity contribution in [3.63, 3.8) is 0 Å². The summed E-state index contributed by atoms with van der Waals surface area (Å²) in [6.45, 7) is 8.65. The molecule has 1 nitrogen and oxygen atoms in total. The molecule has 16 heavy (non-hydrogen) atoms. The molecule has 1 heterocycles. The zero-order chi connectivity index (χ0) is 12.2. The Balaban J connectivity index is 0.000000281. The lowest BCUT2D eigenvalue weighted by atomic mass is 10.1. The van der Waals surface area contributed by atoms with Gasteiger partial charge in [0.25, 0.3) is 0 Å². The molecule has 0 fully saturated rings. The van der Waals surface area contributed by atoms with E-state index in [2.05, 4.69) is 32.7 Å². The summed E-state index contributed by atoms with van der Waals surface area (Å²) in [6, 6.07) is 2.01. The molecule has 0 amide bonds.